The zero-order valence-corrected chi connectivity index (χ0v) is 15.3. The van der Waals surface area contributed by atoms with Crippen molar-refractivity contribution in [1.29, 1.82) is 0 Å². The Bertz CT molecular complexity index is 950. The van der Waals surface area contributed by atoms with E-state index in [9.17, 15) is 4.79 Å². The number of nitrogens with one attached hydrogen (secondary N) is 1. The molecule has 1 heterocycles. The van der Waals surface area contributed by atoms with Gasteiger partial charge in [0.15, 0.2) is 0 Å². The van der Waals surface area contributed by atoms with E-state index in [0.29, 0.717) is 10.6 Å². The van der Waals surface area contributed by atoms with Crippen molar-refractivity contribution < 1.29 is 9.53 Å². The van der Waals surface area contributed by atoms with Crippen LogP contribution in [0.3, 0.4) is 0 Å². The summed E-state index contributed by atoms with van der Waals surface area (Å²) in [5.74, 6) is 0.369. The Labute approximate surface area is 160 Å². The maximum Gasteiger partial charge on any atom is 0.272 e. The van der Waals surface area contributed by atoms with Gasteiger partial charge in [0.1, 0.15) is 5.75 Å². The highest BCUT2D eigenvalue weighted by atomic mass is 35.5. The molecule has 0 atom stereocenters. The maximum absolute atomic E-state index is 12.2. The summed E-state index contributed by atoms with van der Waals surface area (Å²) in [6, 6.07) is 16.1. The van der Waals surface area contributed by atoms with E-state index in [-0.39, 0.29) is 5.02 Å². The lowest BCUT2D eigenvalue weighted by Gasteiger charge is -2.07. The molecule has 0 aliphatic rings. The van der Waals surface area contributed by atoms with E-state index in [1.54, 1.807) is 25.5 Å². The first-order valence-electron chi connectivity index (χ1n) is 7.69. The summed E-state index contributed by atoms with van der Waals surface area (Å²) in [4.78, 5) is 12.2. The van der Waals surface area contributed by atoms with Crippen molar-refractivity contribution in [3.63, 3.8) is 0 Å². The molecule has 0 aliphatic heterocycles. The number of carbonyl (C=O) groups is 1. The monoisotopic (exact) mass is 387 g/mol. The minimum Gasteiger partial charge on any atom is -0.497 e. The number of aromatic nitrogens is 1. The number of hydrogen-bond donors (Lipinski definition) is 1. The van der Waals surface area contributed by atoms with Crippen LogP contribution in [0.2, 0.25) is 10.0 Å². The number of hydrazone groups is 1. The number of benzene rings is 2. The maximum atomic E-state index is 12.2. The van der Waals surface area contributed by atoms with E-state index in [4.69, 9.17) is 27.9 Å². The molecule has 0 unspecified atom stereocenters. The molecule has 0 spiro atoms. The van der Waals surface area contributed by atoms with Crippen molar-refractivity contribution in [3.05, 3.63) is 82.1 Å². The van der Waals surface area contributed by atoms with Crippen LogP contribution >= 0.6 is 23.2 Å². The summed E-state index contributed by atoms with van der Waals surface area (Å²) in [5, 5.41) is 4.75. The number of carbonyl (C=O) groups excluding carboxylic acids is 1. The molecule has 0 radical (unpaired) electrons. The van der Waals surface area contributed by atoms with Gasteiger partial charge < -0.3 is 9.30 Å². The standard InChI is InChI=1S/C19H15Cl2N3O2/c1-26-16-7-5-14(6-8-16)24-10-2-3-15(24)12-22-23-19(25)17-9-4-13(20)11-18(17)21/h2-12H,1H3,(H,23,25)/b22-12-. The van der Waals surface area contributed by atoms with Crippen LogP contribution in [0.4, 0.5) is 0 Å². The van der Waals surface area contributed by atoms with Gasteiger partial charge in [-0.2, -0.15) is 5.10 Å². The summed E-state index contributed by atoms with van der Waals surface area (Å²) < 4.78 is 7.10. The van der Waals surface area contributed by atoms with Crippen LogP contribution in [0.1, 0.15) is 16.1 Å². The van der Waals surface area contributed by atoms with E-state index in [0.717, 1.165) is 17.1 Å². The van der Waals surface area contributed by atoms with Crippen LogP contribution in [-0.4, -0.2) is 23.8 Å². The molecule has 7 heteroatoms. The fourth-order valence-corrected chi connectivity index (χ4v) is 2.86. The van der Waals surface area contributed by atoms with E-state index >= 15 is 0 Å². The summed E-state index contributed by atoms with van der Waals surface area (Å²) in [6.07, 6.45) is 3.47. The molecular formula is C19H15Cl2N3O2. The quantitative estimate of drug-likeness (QED) is 0.515. The van der Waals surface area contributed by atoms with Gasteiger partial charge in [0, 0.05) is 16.9 Å². The van der Waals surface area contributed by atoms with Gasteiger partial charge in [0.2, 0.25) is 0 Å². The molecule has 1 amide bonds. The number of halogens is 2. The lowest BCUT2D eigenvalue weighted by molar-refractivity contribution is 0.0955. The molecule has 1 N–H and O–H groups in total. The van der Waals surface area contributed by atoms with Crippen molar-refractivity contribution in [2.75, 3.05) is 7.11 Å². The molecule has 0 bridgehead atoms. The molecule has 5 nitrogen and oxygen atoms in total. The number of hydrogen-bond acceptors (Lipinski definition) is 3. The molecule has 3 rings (SSSR count). The second kappa shape index (κ2) is 8.08. The average Bonchev–Trinajstić information content (AvgIpc) is 3.10. The van der Waals surface area contributed by atoms with Gasteiger partial charge in [-0.15, -0.1) is 0 Å². The lowest BCUT2D eigenvalue weighted by Crippen LogP contribution is -2.18. The van der Waals surface area contributed by atoms with Crippen molar-refractivity contribution >= 4 is 35.3 Å². The van der Waals surface area contributed by atoms with Gasteiger partial charge in [-0.25, -0.2) is 5.43 Å². The first-order chi connectivity index (χ1) is 12.6. The van der Waals surface area contributed by atoms with Gasteiger partial charge >= 0.3 is 0 Å². The Hall–Kier alpha value is -2.76. The van der Waals surface area contributed by atoms with E-state index in [1.165, 1.54) is 6.07 Å². The SMILES string of the molecule is COc1ccc(-n2cccc2/C=N\NC(=O)c2ccc(Cl)cc2Cl)cc1. The van der Waals surface area contributed by atoms with Crippen LogP contribution in [0.5, 0.6) is 5.75 Å². The van der Waals surface area contributed by atoms with Gasteiger partial charge in [0.05, 0.1) is 29.6 Å². The largest absolute Gasteiger partial charge is 0.497 e. The Morgan fingerprint density at radius 1 is 1.15 bits per heavy atom. The minimum absolute atomic E-state index is 0.270. The first-order valence-corrected chi connectivity index (χ1v) is 8.44. The minimum atomic E-state index is -0.412. The second-order valence-corrected chi connectivity index (χ2v) is 6.17. The number of nitrogens with zero attached hydrogens (tertiary/aromatic N) is 2. The topological polar surface area (TPSA) is 55.6 Å². The third-order valence-electron chi connectivity index (χ3n) is 3.67. The Morgan fingerprint density at radius 2 is 1.92 bits per heavy atom. The molecule has 1 aromatic heterocycles. The van der Waals surface area contributed by atoms with E-state index in [2.05, 4.69) is 10.5 Å². The van der Waals surface area contributed by atoms with Gasteiger partial charge in [-0.3, -0.25) is 4.79 Å². The Morgan fingerprint density at radius 3 is 2.62 bits per heavy atom. The van der Waals surface area contributed by atoms with E-state index < -0.39 is 5.91 Å². The highest BCUT2D eigenvalue weighted by Crippen LogP contribution is 2.21. The van der Waals surface area contributed by atoms with Crippen LogP contribution in [0.15, 0.2) is 65.9 Å². The lowest BCUT2D eigenvalue weighted by atomic mass is 10.2. The predicted octanol–water partition coefficient (Wildman–Crippen LogP) is 4.56. The molecular weight excluding hydrogens is 373 g/mol. The fourth-order valence-electron chi connectivity index (χ4n) is 2.37. The number of rotatable bonds is 5. The molecule has 26 heavy (non-hydrogen) atoms. The summed E-state index contributed by atoms with van der Waals surface area (Å²) in [6.45, 7) is 0. The Kier molecular flexibility index (Phi) is 5.61. The zero-order valence-electron chi connectivity index (χ0n) is 13.8. The summed E-state index contributed by atoms with van der Waals surface area (Å²) in [7, 11) is 1.62. The zero-order chi connectivity index (χ0) is 18.5. The highest BCUT2D eigenvalue weighted by molar-refractivity contribution is 6.36. The van der Waals surface area contributed by atoms with Crippen molar-refractivity contribution in [3.8, 4) is 11.4 Å². The molecule has 3 aromatic rings. The van der Waals surface area contributed by atoms with Crippen molar-refractivity contribution in [2.24, 2.45) is 5.10 Å². The van der Waals surface area contributed by atoms with Gasteiger partial charge in [-0.05, 0) is 54.6 Å². The fraction of sp³-hybridized carbons (Fsp3) is 0.0526. The number of amides is 1. The Balaban J connectivity index is 1.73. The molecule has 132 valence electrons. The van der Waals surface area contributed by atoms with Gasteiger partial charge in [0.25, 0.3) is 5.91 Å². The number of methoxy groups -OCH3 is 1. The average molecular weight is 388 g/mol. The summed E-state index contributed by atoms with van der Waals surface area (Å²) >= 11 is 11.9. The van der Waals surface area contributed by atoms with E-state index in [1.807, 2.05) is 47.2 Å². The third kappa shape index (κ3) is 4.07. The summed E-state index contributed by atoms with van der Waals surface area (Å²) in [5.41, 5.74) is 4.52. The van der Waals surface area contributed by atoms with Crippen molar-refractivity contribution in [2.45, 2.75) is 0 Å². The number of ether oxygens (including phenoxy) is 1. The molecule has 0 aliphatic carbocycles. The second-order valence-electron chi connectivity index (χ2n) is 5.32. The third-order valence-corrected chi connectivity index (χ3v) is 4.22. The van der Waals surface area contributed by atoms with Crippen LogP contribution in [-0.2, 0) is 0 Å². The molecule has 0 saturated heterocycles. The highest BCUT2D eigenvalue weighted by Gasteiger charge is 2.09. The van der Waals surface area contributed by atoms with Crippen LogP contribution < -0.4 is 10.2 Å². The van der Waals surface area contributed by atoms with Gasteiger partial charge in [-0.1, -0.05) is 23.2 Å². The first kappa shape index (κ1) is 18.0. The predicted molar refractivity (Wildman–Crippen MR) is 104 cm³/mol. The smallest absolute Gasteiger partial charge is 0.272 e. The van der Waals surface area contributed by atoms with Crippen molar-refractivity contribution in [1.82, 2.24) is 9.99 Å². The van der Waals surface area contributed by atoms with Crippen LogP contribution in [0.25, 0.3) is 5.69 Å². The van der Waals surface area contributed by atoms with Crippen LogP contribution in [0, 0.1) is 0 Å². The normalized spacial score (nSPS) is 10.9. The molecule has 0 fully saturated rings. The molecule has 2 aromatic carbocycles. The molecule has 0 saturated carbocycles.